The normalized spacial score (nSPS) is 29.7. The predicted octanol–water partition coefficient (Wildman–Crippen LogP) is 3.18. The van der Waals surface area contributed by atoms with Crippen molar-refractivity contribution in [1.29, 1.82) is 0 Å². The first kappa shape index (κ1) is 37.6. The van der Waals surface area contributed by atoms with Crippen LogP contribution in [0.1, 0.15) is 103 Å². The molecule has 0 aromatic heterocycles. The van der Waals surface area contributed by atoms with E-state index >= 15 is 0 Å². The van der Waals surface area contributed by atoms with Crippen molar-refractivity contribution in [3.8, 4) is 0 Å². The maximum atomic E-state index is 14.4. The predicted molar refractivity (Wildman–Crippen MR) is 192 cm³/mol. The maximum absolute atomic E-state index is 14.4. The summed E-state index contributed by atoms with van der Waals surface area (Å²) in [5.74, 6) is -2.31. The van der Waals surface area contributed by atoms with Gasteiger partial charge in [0.05, 0.1) is 11.8 Å². The lowest BCUT2D eigenvalue weighted by molar-refractivity contribution is -0.141. The fourth-order valence-electron chi connectivity index (χ4n) is 7.60. The van der Waals surface area contributed by atoms with Crippen LogP contribution < -0.4 is 20.7 Å². The minimum Gasteiger partial charge on any atom is -0.444 e. The summed E-state index contributed by atoms with van der Waals surface area (Å²) in [7, 11) is -3.89. The third-order valence-corrected chi connectivity index (χ3v) is 12.4. The number of nitrogens with one attached hydrogen (secondary N) is 4. The summed E-state index contributed by atoms with van der Waals surface area (Å²) in [5, 5.41) is 7.86. The highest BCUT2D eigenvalue weighted by Crippen LogP contribution is 2.46. The number of ether oxygens (including phenoxy) is 1. The van der Waals surface area contributed by atoms with Crippen LogP contribution in [-0.2, 0) is 35.7 Å². The Morgan fingerprint density at radius 3 is 2.50 bits per heavy atom. The molecule has 6 rings (SSSR count). The molecule has 4 N–H and O–H groups in total. The van der Waals surface area contributed by atoms with E-state index in [0.717, 1.165) is 18.4 Å². The van der Waals surface area contributed by atoms with Crippen molar-refractivity contribution in [2.75, 3.05) is 13.1 Å². The monoisotopic (exact) mass is 740 g/mol. The Hall–Kier alpha value is -4.14. The topological polar surface area (TPSA) is 183 Å². The molecule has 284 valence electrons. The van der Waals surface area contributed by atoms with Crippen LogP contribution in [-0.4, -0.2) is 95.7 Å². The number of benzene rings is 1. The molecule has 0 radical (unpaired) electrons. The van der Waals surface area contributed by atoms with Crippen LogP contribution in [0.4, 0.5) is 9.59 Å². The lowest BCUT2D eigenvalue weighted by Crippen LogP contribution is -2.59. The summed E-state index contributed by atoms with van der Waals surface area (Å²) in [6.07, 6.45) is 6.70. The van der Waals surface area contributed by atoms with Gasteiger partial charge in [0.15, 0.2) is 0 Å². The molecule has 6 amide bonds. The number of sulfonamides is 1. The second-order valence-corrected chi connectivity index (χ2v) is 18.1. The molecule has 1 saturated heterocycles. The number of allylic oxidation sites excluding steroid dienone is 1. The lowest BCUT2D eigenvalue weighted by atomic mass is 9.91. The van der Waals surface area contributed by atoms with Gasteiger partial charge in [-0.2, -0.15) is 0 Å². The van der Waals surface area contributed by atoms with Gasteiger partial charge >= 0.3 is 12.1 Å². The average Bonchev–Trinajstić information content (AvgIpc) is 3.99. The number of carbonyl (C=O) groups excluding carboxylic acids is 5. The number of carbonyl (C=O) groups is 5. The summed E-state index contributed by atoms with van der Waals surface area (Å²) in [5.41, 5.74) is 0.116. The van der Waals surface area contributed by atoms with E-state index in [-0.39, 0.29) is 25.3 Å². The molecule has 52 heavy (non-hydrogen) atoms. The standard InChI is InChI=1S/C37H52N6O8S/c1-23-20-42(21-24-12-10-11-14-28(23)24)35(48)51-26-18-30-31(44)39-37(33(46)41-52(49,50)27-16-17-27)19-25(37)13-8-6-5-7-9-15-29(32(45)43(30)22-26)38-34(47)40-36(2,3)4/h8,10-14,23,25-27,29-30H,5-7,9,15-22H2,1-4H3,(H,39,44)(H,41,46)(H2,38,40,47)/t23?,25-,26-,29+,30+,37-/m1/s1. The van der Waals surface area contributed by atoms with E-state index in [9.17, 15) is 32.4 Å². The molecule has 2 saturated carbocycles. The molecule has 3 heterocycles. The number of fused-ring (bicyclic) bond motifs is 3. The Morgan fingerprint density at radius 1 is 1.02 bits per heavy atom. The number of hydrogen-bond donors (Lipinski definition) is 4. The van der Waals surface area contributed by atoms with Gasteiger partial charge in [-0.3, -0.25) is 19.1 Å². The number of nitrogens with zero attached hydrogens (tertiary/aromatic N) is 2. The first-order valence-corrected chi connectivity index (χ1v) is 20.1. The van der Waals surface area contributed by atoms with E-state index in [2.05, 4.69) is 26.7 Å². The van der Waals surface area contributed by atoms with Gasteiger partial charge in [-0.05, 0) is 76.3 Å². The van der Waals surface area contributed by atoms with Crippen LogP contribution in [0.5, 0.6) is 0 Å². The highest BCUT2D eigenvalue weighted by Gasteiger charge is 2.62. The molecular weight excluding hydrogens is 689 g/mol. The summed E-state index contributed by atoms with van der Waals surface area (Å²) in [6, 6.07) is 5.28. The van der Waals surface area contributed by atoms with Crippen molar-refractivity contribution < 1.29 is 37.1 Å². The summed E-state index contributed by atoms with van der Waals surface area (Å²) < 4.78 is 33.8. The fourth-order valence-corrected chi connectivity index (χ4v) is 8.96. The Labute approximate surface area is 305 Å². The number of amides is 6. The average molecular weight is 741 g/mol. The second kappa shape index (κ2) is 14.7. The molecule has 0 bridgehead atoms. The molecule has 1 unspecified atom stereocenters. The third-order valence-electron chi connectivity index (χ3n) is 10.6. The van der Waals surface area contributed by atoms with E-state index < -0.39 is 80.3 Å². The fraction of sp³-hybridized carbons (Fsp3) is 0.649. The van der Waals surface area contributed by atoms with Gasteiger partial charge in [0.2, 0.25) is 21.8 Å². The number of urea groups is 1. The minimum absolute atomic E-state index is 0.0389. The lowest BCUT2D eigenvalue weighted by Gasteiger charge is -2.33. The molecular formula is C37H52N6O8S. The molecule has 14 nitrogen and oxygen atoms in total. The number of rotatable bonds is 5. The van der Waals surface area contributed by atoms with Gasteiger partial charge in [-0.25, -0.2) is 18.0 Å². The van der Waals surface area contributed by atoms with Gasteiger partial charge in [-0.15, -0.1) is 0 Å². The summed E-state index contributed by atoms with van der Waals surface area (Å²) in [6.45, 7) is 8.23. The van der Waals surface area contributed by atoms with Gasteiger partial charge in [-0.1, -0.05) is 56.2 Å². The zero-order chi connectivity index (χ0) is 37.4. The highest BCUT2D eigenvalue weighted by molar-refractivity contribution is 7.91. The van der Waals surface area contributed by atoms with Crippen LogP contribution in [0.3, 0.4) is 0 Å². The van der Waals surface area contributed by atoms with Crippen LogP contribution in [0, 0.1) is 5.92 Å². The SMILES string of the molecule is CC1CN(C(=O)O[C@@H]2C[C@H]3C(=O)N[C@]4(C(=O)NS(=O)(=O)C5CC5)C[C@H]4C=CCCCCC[C@H](NC(=O)NC(C)(C)C)C(=O)N3C2)Cc2ccccc21. The van der Waals surface area contributed by atoms with Gasteiger partial charge < -0.3 is 30.5 Å². The molecule has 5 aliphatic rings. The molecule has 1 aromatic rings. The van der Waals surface area contributed by atoms with Crippen molar-refractivity contribution >= 4 is 39.9 Å². The molecule has 0 spiro atoms. The molecule has 15 heteroatoms. The zero-order valence-electron chi connectivity index (χ0n) is 30.5. The van der Waals surface area contributed by atoms with Crippen molar-refractivity contribution in [2.45, 2.75) is 132 Å². The van der Waals surface area contributed by atoms with Gasteiger partial charge in [0, 0.05) is 31.0 Å². The Morgan fingerprint density at radius 2 is 1.77 bits per heavy atom. The zero-order valence-corrected chi connectivity index (χ0v) is 31.3. The molecule has 2 aliphatic carbocycles. The first-order valence-electron chi connectivity index (χ1n) is 18.5. The van der Waals surface area contributed by atoms with Crippen molar-refractivity contribution in [3.05, 3.63) is 47.5 Å². The highest BCUT2D eigenvalue weighted by atomic mass is 32.2. The van der Waals surface area contributed by atoms with Crippen LogP contribution in [0.15, 0.2) is 36.4 Å². The maximum Gasteiger partial charge on any atom is 0.410 e. The van der Waals surface area contributed by atoms with Crippen LogP contribution in [0.2, 0.25) is 0 Å². The van der Waals surface area contributed by atoms with Crippen LogP contribution >= 0.6 is 0 Å². The quantitative estimate of drug-likeness (QED) is 0.332. The minimum atomic E-state index is -3.89. The molecule has 1 aromatic carbocycles. The van der Waals surface area contributed by atoms with E-state index in [0.29, 0.717) is 45.2 Å². The van der Waals surface area contributed by atoms with E-state index in [1.165, 1.54) is 10.5 Å². The summed E-state index contributed by atoms with van der Waals surface area (Å²) in [4.78, 5) is 71.8. The van der Waals surface area contributed by atoms with Crippen molar-refractivity contribution in [1.82, 2.24) is 30.5 Å². The van der Waals surface area contributed by atoms with Crippen molar-refractivity contribution in [2.24, 2.45) is 5.92 Å². The van der Waals surface area contributed by atoms with E-state index in [1.54, 1.807) is 4.90 Å². The van der Waals surface area contributed by atoms with E-state index in [1.807, 2.05) is 58.0 Å². The Balaban J connectivity index is 1.25. The second-order valence-electron chi connectivity index (χ2n) is 16.1. The molecule has 6 atom stereocenters. The Kier molecular flexibility index (Phi) is 10.6. The van der Waals surface area contributed by atoms with E-state index in [4.69, 9.17) is 4.74 Å². The smallest absolute Gasteiger partial charge is 0.410 e. The molecule has 3 aliphatic heterocycles. The van der Waals surface area contributed by atoms with Gasteiger partial charge in [0.1, 0.15) is 23.7 Å². The Bertz CT molecular complexity index is 1720. The third kappa shape index (κ3) is 8.56. The van der Waals surface area contributed by atoms with Crippen molar-refractivity contribution in [3.63, 3.8) is 0 Å². The summed E-state index contributed by atoms with van der Waals surface area (Å²) >= 11 is 0. The number of hydrogen-bond acceptors (Lipinski definition) is 8. The first-order chi connectivity index (χ1) is 24.6. The van der Waals surface area contributed by atoms with Gasteiger partial charge in [0.25, 0.3) is 5.91 Å². The molecule has 3 fully saturated rings. The van der Waals surface area contributed by atoms with Crippen LogP contribution in [0.25, 0.3) is 0 Å². The largest absolute Gasteiger partial charge is 0.444 e.